The SMILES string of the molecule is Cc1ncc(I)c(=O)n1Cc1nnc(N)s1. The zero-order chi connectivity index (χ0) is 11.7. The quantitative estimate of drug-likeness (QED) is 0.804. The fourth-order valence-corrected chi connectivity index (χ4v) is 2.23. The van der Waals surface area contributed by atoms with E-state index in [9.17, 15) is 4.79 Å². The molecular formula is C8H8IN5OS. The maximum atomic E-state index is 11.8. The Labute approximate surface area is 109 Å². The first-order valence-electron chi connectivity index (χ1n) is 4.37. The van der Waals surface area contributed by atoms with Crippen molar-refractivity contribution in [1.29, 1.82) is 0 Å². The third kappa shape index (κ3) is 2.21. The maximum absolute atomic E-state index is 11.8. The summed E-state index contributed by atoms with van der Waals surface area (Å²) < 4.78 is 2.14. The summed E-state index contributed by atoms with van der Waals surface area (Å²) in [7, 11) is 0. The van der Waals surface area contributed by atoms with Crippen LogP contribution in [0.1, 0.15) is 10.8 Å². The summed E-state index contributed by atoms with van der Waals surface area (Å²) in [5.41, 5.74) is 5.41. The summed E-state index contributed by atoms with van der Waals surface area (Å²) in [4.78, 5) is 16.0. The summed E-state index contributed by atoms with van der Waals surface area (Å²) >= 11 is 3.23. The largest absolute Gasteiger partial charge is 0.374 e. The van der Waals surface area contributed by atoms with E-state index in [4.69, 9.17) is 5.73 Å². The lowest BCUT2D eigenvalue weighted by Crippen LogP contribution is -2.26. The first-order chi connectivity index (χ1) is 7.58. The summed E-state index contributed by atoms with van der Waals surface area (Å²) in [5, 5.41) is 8.68. The van der Waals surface area contributed by atoms with Crippen molar-refractivity contribution in [2.75, 3.05) is 5.73 Å². The average molecular weight is 349 g/mol. The molecular weight excluding hydrogens is 341 g/mol. The van der Waals surface area contributed by atoms with Crippen LogP contribution in [-0.2, 0) is 6.54 Å². The van der Waals surface area contributed by atoms with Gasteiger partial charge >= 0.3 is 0 Å². The highest BCUT2D eigenvalue weighted by Crippen LogP contribution is 2.12. The molecule has 2 N–H and O–H groups in total. The molecule has 0 atom stereocenters. The van der Waals surface area contributed by atoms with E-state index >= 15 is 0 Å². The molecule has 0 fully saturated rings. The van der Waals surface area contributed by atoms with Crippen LogP contribution in [0.4, 0.5) is 5.13 Å². The van der Waals surface area contributed by atoms with Crippen LogP contribution in [0.2, 0.25) is 0 Å². The van der Waals surface area contributed by atoms with Gasteiger partial charge in [-0.25, -0.2) is 4.98 Å². The van der Waals surface area contributed by atoms with Gasteiger partial charge in [0, 0.05) is 6.20 Å². The molecule has 0 saturated heterocycles. The van der Waals surface area contributed by atoms with Crippen LogP contribution in [0, 0.1) is 10.5 Å². The van der Waals surface area contributed by atoms with E-state index in [1.807, 2.05) is 22.6 Å². The molecule has 84 valence electrons. The van der Waals surface area contributed by atoms with Crippen molar-refractivity contribution < 1.29 is 0 Å². The van der Waals surface area contributed by atoms with Gasteiger partial charge in [-0.05, 0) is 29.5 Å². The van der Waals surface area contributed by atoms with E-state index in [0.717, 1.165) is 0 Å². The molecule has 0 amide bonds. The van der Waals surface area contributed by atoms with Crippen LogP contribution in [0.25, 0.3) is 0 Å². The van der Waals surface area contributed by atoms with Crippen molar-refractivity contribution in [1.82, 2.24) is 19.7 Å². The summed E-state index contributed by atoms with van der Waals surface area (Å²) in [6.07, 6.45) is 1.56. The van der Waals surface area contributed by atoms with Crippen molar-refractivity contribution in [3.63, 3.8) is 0 Å². The number of aromatic nitrogens is 4. The van der Waals surface area contributed by atoms with E-state index in [1.165, 1.54) is 11.3 Å². The predicted molar refractivity (Wildman–Crippen MR) is 69.4 cm³/mol. The molecule has 2 rings (SSSR count). The Balaban J connectivity index is 2.42. The molecule has 0 aromatic carbocycles. The third-order valence-corrected chi connectivity index (χ3v) is 3.46. The zero-order valence-corrected chi connectivity index (χ0v) is 11.3. The Morgan fingerprint density at radius 2 is 2.31 bits per heavy atom. The lowest BCUT2D eigenvalue weighted by molar-refractivity contribution is 0.686. The van der Waals surface area contributed by atoms with Gasteiger partial charge in [-0.1, -0.05) is 11.3 Å². The number of hydrogen-bond acceptors (Lipinski definition) is 6. The van der Waals surface area contributed by atoms with Crippen molar-refractivity contribution in [3.05, 3.63) is 31.0 Å². The van der Waals surface area contributed by atoms with E-state index in [-0.39, 0.29) is 5.56 Å². The molecule has 2 heterocycles. The van der Waals surface area contributed by atoms with Crippen LogP contribution in [-0.4, -0.2) is 19.7 Å². The van der Waals surface area contributed by atoms with Gasteiger partial charge in [-0.2, -0.15) is 0 Å². The molecule has 0 saturated carbocycles. The molecule has 0 aliphatic carbocycles. The van der Waals surface area contributed by atoms with Crippen molar-refractivity contribution in [3.8, 4) is 0 Å². The summed E-state index contributed by atoms with van der Waals surface area (Å²) in [6.45, 7) is 2.14. The molecule has 0 radical (unpaired) electrons. The van der Waals surface area contributed by atoms with Gasteiger partial charge in [0.15, 0.2) is 0 Å². The second-order valence-corrected chi connectivity index (χ2v) is 5.33. The Bertz CT molecular complexity index is 578. The van der Waals surface area contributed by atoms with Gasteiger partial charge in [0.05, 0.1) is 10.1 Å². The highest BCUT2D eigenvalue weighted by atomic mass is 127. The number of anilines is 1. The van der Waals surface area contributed by atoms with Crippen molar-refractivity contribution >= 4 is 39.1 Å². The normalized spacial score (nSPS) is 10.6. The fourth-order valence-electron chi connectivity index (χ4n) is 1.20. The molecule has 0 unspecified atom stereocenters. The molecule has 0 aliphatic heterocycles. The second-order valence-electron chi connectivity index (χ2n) is 3.08. The standard InChI is InChI=1S/C8H8IN5OS/c1-4-11-2-5(9)7(15)14(4)3-6-12-13-8(10)16-6/h2H,3H2,1H3,(H2,10,13). The van der Waals surface area contributed by atoms with Crippen LogP contribution < -0.4 is 11.3 Å². The monoisotopic (exact) mass is 349 g/mol. The Morgan fingerprint density at radius 3 is 2.94 bits per heavy atom. The van der Waals surface area contributed by atoms with Gasteiger partial charge < -0.3 is 5.73 Å². The lowest BCUT2D eigenvalue weighted by Gasteiger charge is -2.06. The van der Waals surface area contributed by atoms with E-state index in [1.54, 1.807) is 17.7 Å². The number of nitrogen functional groups attached to an aromatic ring is 1. The van der Waals surface area contributed by atoms with Gasteiger partial charge in [-0.15, -0.1) is 10.2 Å². The van der Waals surface area contributed by atoms with E-state index in [2.05, 4.69) is 15.2 Å². The fraction of sp³-hybridized carbons (Fsp3) is 0.250. The smallest absolute Gasteiger partial charge is 0.267 e. The molecule has 2 aromatic heterocycles. The molecule has 0 spiro atoms. The summed E-state index contributed by atoms with van der Waals surface area (Å²) in [6, 6.07) is 0. The van der Waals surface area contributed by atoms with Crippen LogP contribution >= 0.6 is 33.9 Å². The number of halogens is 1. The van der Waals surface area contributed by atoms with Crippen molar-refractivity contribution in [2.24, 2.45) is 0 Å². The van der Waals surface area contributed by atoms with Crippen LogP contribution in [0.5, 0.6) is 0 Å². The maximum Gasteiger partial charge on any atom is 0.267 e. The second kappa shape index (κ2) is 4.45. The zero-order valence-electron chi connectivity index (χ0n) is 8.35. The minimum absolute atomic E-state index is 0.0677. The first kappa shape index (κ1) is 11.5. The van der Waals surface area contributed by atoms with Crippen LogP contribution in [0.3, 0.4) is 0 Å². The van der Waals surface area contributed by atoms with Gasteiger partial charge in [0.2, 0.25) is 5.13 Å². The third-order valence-electron chi connectivity index (χ3n) is 1.98. The molecule has 8 heteroatoms. The first-order valence-corrected chi connectivity index (χ1v) is 6.27. The summed E-state index contributed by atoms with van der Waals surface area (Å²) in [5.74, 6) is 0.652. The van der Waals surface area contributed by atoms with Gasteiger partial charge in [0.25, 0.3) is 5.56 Å². The minimum Gasteiger partial charge on any atom is -0.374 e. The van der Waals surface area contributed by atoms with E-state index < -0.39 is 0 Å². The number of nitrogens with two attached hydrogens (primary N) is 1. The minimum atomic E-state index is -0.0677. The molecule has 2 aromatic rings. The van der Waals surface area contributed by atoms with Gasteiger partial charge in [-0.3, -0.25) is 9.36 Å². The number of rotatable bonds is 2. The Kier molecular flexibility index (Phi) is 3.19. The highest BCUT2D eigenvalue weighted by Gasteiger charge is 2.08. The average Bonchev–Trinajstić information content (AvgIpc) is 2.65. The Morgan fingerprint density at radius 1 is 1.56 bits per heavy atom. The molecule has 16 heavy (non-hydrogen) atoms. The van der Waals surface area contributed by atoms with Crippen molar-refractivity contribution in [2.45, 2.75) is 13.5 Å². The van der Waals surface area contributed by atoms with Crippen LogP contribution in [0.15, 0.2) is 11.0 Å². The number of nitrogens with zero attached hydrogens (tertiary/aromatic N) is 4. The molecule has 0 bridgehead atoms. The highest BCUT2D eigenvalue weighted by molar-refractivity contribution is 14.1. The lowest BCUT2D eigenvalue weighted by atomic mass is 10.5. The van der Waals surface area contributed by atoms with Gasteiger partial charge in [0.1, 0.15) is 10.8 Å². The predicted octanol–water partition coefficient (Wildman–Crippen LogP) is 0.638. The molecule has 6 nitrogen and oxygen atoms in total. The number of aryl methyl sites for hydroxylation is 1. The topological polar surface area (TPSA) is 86.7 Å². The number of hydrogen-bond donors (Lipinski definition) is 1. The van der Waals surface area contributed by atoms with E-state index in [0.29, 0.717) is 26.1 Å². The Hall–Kier alpha value is -1.03. The molecule has 0 aliphatic rings.